The standard InChI is InChI=1S/C24H18N4OS2/c1-29-21-15-9-8-14-19(21)22-26-27-23(28(22)18-12-6-3-7-13-18)31-24-25-20(16-30-24)17-10-4-2-5-11-17/h2-16H,1H3. The summed E-state index contributed by atoms with van der Waals surface area (Å²) in [7, 11) is 1.67. The zero-order valence-electron chi connectivity index (χ0n) is 16.7. The third-order valence-electron chi connectivity index (χ3n) is 4.73. The lowest BCUT2D eigenvalue weighted by atomic mass is 10.2. The molecule has 0 fully saturated rings. The van der Waals surface area contributed by atoms with Crippen molar-refractivity contribution in [1.82, 2.24) is 19.7 Å². The van der Waals surface area contributed by atoms with Crippen LogP contribution in [0.4, 0.5) is 0 Å². The first-order valence-electron chi connectivity index (χ1n) is 9.66. The average Bonchev–Trinajstić information content (AvgIpc) is 3.48. The first-order chi connectivity index (χ1) is 15.3. The number of rotatable bonds is 6. The molecule has 31 heavy (non-hydrogen) atoms. The maximum atomic E-state index is 5.57. The van der Waals surface area contributed by atoms with E-state index in [1.807, 2.05) is 77.4 Å². The SMILES string of the molecule is COc1ccccc1-c1nnc(Sc2nc(-c3ccccc3)cs2)n1-c1ccccc1. The van der Waals surface area contributed by atoms with Crippen LogP contribution in [0.3, 0.4) is 0 Å². The fraction of sp³-hybridized carbons (Fsp3) is 0.0417. The van der Waals surface area contributed by atoms with Crippen LogP contribution >= 0.6 is 23.1 Å². The number of thiazole rings is 1. The van der Waals surface area contributed by atoms with E-state index in [0.29, 0.717) is 0 Å². The summed E-state index contributed by atoms with van der Waals surface area (Å²) in [6, 6.07) is 28.1. The molecule has 0 N–H and O–H groups in total. The molecule has 5 rings (SSSR count). The van der Waals surface area contributed by atoms with Crippen LogP contribution in [-0.4, -0.2) is 26.9 Å². The Bertz CT molecular complexity index is 1300. The van der Waals surface area contributed by atoms with Gasteiger partial charge in [0.2, 0.25) is 5.16 Å². The number of para-hydroxylation sites is 2. The maximum absolute atomic E-state index is 5.57. The second-order valence-corrected chi connectivity index (χ2v) is 8.72. The molecule has 5 nitrogen and oxygen atoms in total. The molecule has 5 aromatic rings. The van der Waals surface area contributed by atoms with E-state index in [2.05, 4.69) is 27.7 Å². The van der Waals surface area contributed by atoms with Gasteiger partial charge in [-0.05, 0) is 36.0 Å². The lowest BCUT2D eigenvalue weighted by Gasteiger charge is -2.11. The highest BCUT2D eigenvalue weighted by atomic mass is 32.2. The number of aromatic nitrogens is 4. The Labute approximate surface area is 188 Å². The third-order valence-corrected chi connectivity index (χ3v) is 6.61. The van der Waals surface area contributed by atoms with Crippen molar-refractivity contribution in [2.45, 2.75) is 9.50 Å². The minimum absolute atomic E-state index is 0.728. The molecule has 7 heteroatoms. The molecule has 0 aliphatic carbocycles. The summed E-state index contributed by atoms with van der Waals surface area (Å²) in [5.41, 5.74) is 3.93. The summed E-state index contributed by atoms with van der Waals surface area (Å²) in [4.78, 5) is 4.80. The average molecular weight is 443 g/mol. The summed E-state index contributed by atoms with van der Waals surface area (Å²) < 4.78 is 8.53. The molecule has 0 atom stereocenters. The van der Waals surface area contributed by atoms with Crippen molar-refractivity contribution in [3.8, 4) is 34.1 Å². The van der Waals surface area contributed by atoms with Gasteiger partial charge in [0.1, 0.15) is 5.75 Å². The molecule has 0 unspecified atom stereocenters. The van der Waals surface area contributed by atoms with Crippen LogP contribution in [0.15, 0.2) is 99.8 Å². The minimum atomic E-state index is 0.728. The van der Waals surface area contributed by atoms with Crippen LogP contribution in [-0.2, 0) is 0 Å². The van der Waals surface area contributed by atoms with Crippen LogP contribution in [0, 0.1) is 0 Å². The molecule has 0 spiro atoms. The van der Waals surface area contributed by atoms with E-state index in [9.17, 15) is 0 Å². The lowest BCUT2D eigenvalue weighted by molar-refractivity contribution is 0.416. The molecule has 0 saturated heterocycles. The van der Waals surface area contributed by atoms with E-state index in [-0.39, 0.29) is 0 Å². The Hall–Kier alpha value is -3.42. The van der Waals surface area contributed by atoms with Crippen molar-refractivity contribution in [3.05, 3.63) is 90.3 Å². The number of nitrogens with zero attached hydrogens (tertiary/aromatic N) is 4. The molecule has 0 aliphatic rings. The second-order valence-electron chi connectivity index (χ2n) is 6.64. The highest BCUT2D eigenvalue weighted by Gasteiger charge is 2.20. The van der Waals surface area contributed by atoms with Crippen molar-refractivity contribution in [2.75, 3.05) is 7.11 Å². The number of ether oxygens (including phenoxy) is 1. The molecule has 0 radical (unpaired) electrons. The largest absolute Gasteiger partial charge is 0.496 e. The van der Waals surface area contributed by atoms with Crippen LogP contribution in [0.5, 0.6) is 5.75 Å². The Morgan fingerprint density at radius 2 is 1.55 bits per heavy atom. The molecule has 2 aromatic heterocycles. The third kappa shape index (κ3) is 3.97. The van der Waals surface area contributed by atoms with Crippen molar-refractivity contribution in [2.24, 2.45) is 0 Å². The second kappa shape index (κ2) is 8.75. The maximum Gasteiger partial charge on any atom is 0.203 e. The highest BCUT2D eigenvalue weighted by molar-refractivity contribution is 8.00. The molecular weight excluding hydrogens is 424 g/mol. The zero-order valence-corrected chi connectivity index (χ0v) is 18.3. The van der Waals surface area contributed by atoms with Crippen molar-refractivity contribution in [3.63, 3.8) is 0 Å². The van der Waals surface area contributed by atoms with Gasteiger partial charge in [-0.15, -0.1) is 21.5 Å². The molecule has 0 saturated carbocycles. The van der Waals surface area contributed by atoms with Gasteiger partial charge in [0.15, 0.2) is 10.2 Å². The van der Waals surface area contributed by atoms with E-state index in [4.69, 9.17) is 9.72 Å². The Balaban J connectivity index is 1.57. The van der Waals surface area contributed by atoms with Crippen LogP contribution < -0.4 is 4.74 Å². The topological polar surface area (TPSA) is 52.8 Å². The molecule has 3 aromatic carbocycles. The quantitative estimate of drug-likeness (QED) is 0.313. The summed E-state index contributed by atoms with van der Waals surface area (Å²) >= 11 is 3.11. The summed E-state index contributed by atoms with van der Waals surface area (Å²) in [5.74, 6) is 1.48. The lowest BCUT2D eigenvalue weighted by Crippen LogP contribution is -2.00. The number of methoxy groups -OCH3 is 1. The fourth-order valence-electron chi connectivity index (χ4n) is 3.27. The molecule has 152 valence electrons. The van der Waals surface area contributed by atoms with Gasteiger partial charge in [-0.25, -0.2) is 4.98 Å². The van der Waals surface area contributed by atoms with Crippen LogP contribution in [0.25, 0.3) is 28.3 Å². The summed E-state index contributed by atoms with van der Waals surface area (Å²) in [6.07, 6.45) is 0. The highest BCUT2D eigenvalue weighted by Crippen LogP contribution is 2.37. The molecule has 0 aliphatic heterocycles. The number of benzene rings is 3. The smallest absolute Gasteiger partial charge is 0.203 e. The Morgan fingerprint density at radius 1 is 0.839 bits per heavy atom. The summed E-state index contributed by atoms with van der Waals surface area (Å²) in [6.45, 7) is 0. The van der Waals surface area contributed by atoms with E-state index in [1.54, 1.807) is 18.4 Å². The van der Waals surface area contributed by atoms with Crippen molar-refractivity contribution >= 4 is 23.1 Å². The van der Waals surface area contributed by atoms with Crippen LogP contribution in [0.1, 0.15) is 0 Å². The normalized spacial score (nSPS) is 10.9. The van der Waals surface area contributed by atoms with Gasteiger partial charge in [0, 0.05) is 16.6 Å². The zero-order chi connectivity index (χ0) is 21.0. The Kier molecular flexibility index (Phi) is 5.52. The van der Waals surface area contributed by atoms with E-state index < -0.39 is 0 Å². The summed E-state index contributed by atoms with van der Waals surface area (Å²) in [5, 5.41) is 11.9. The van der Waals surface area contributed by atoms with Crippen LogP contribution in [0.2, 0.25) is 0 Å². The monoisotopic (exact) mass is 442 g/mol. The molecule has 2 heterocycles. The number of hydrogen-bond donors (Lipinski definition) is 0. The first kappa shape index (κ1) is 19.5. The predicted octanol–water partition coefficient (Wildman–Crippen LogP) is 6.22. The van der Waals surface area contributed by atoms with E-state index in [0.717, 1.165) is 43.6 Å². The van der Waals surface area contributed by atoms with E-state index in [1.165, 1.54) is 11.8 Å². The van der Waals surface area contributed by atoms with Gasteiger partial charge >= 0.3 is 0 Å². The first-order valence-corrected chi connectivity index (χ1v) is 11.4. The fourth-order valence-corrected chi connectivity index (χ4v) is 5.05. The van der Waals surface area contributed by atoms with Gasteiger partial charge < -0.3 is 4.74 Å². The van der Waals surface area contributed by atoms with E-state index >= 15 is 0 Å². The van der Waals surface area contributed by atoms with Gasteiger partial charge in [-0.2, -0.15) is 0 Å². The van der Waals surface area contributed by atoms with Crippen molar-refractivity contribution in [1.29, 1.82) is 0 Å². The van der Waals surface area contributed by atoms with Gasteiger partial charge in [-0.3, -0.25) is 4.57 Å². The molecular formula is C24H18N4OS2. The number of hydrogen-bond acceptors (Lipinski definition) is 6. The van der Waals surface area contributed by atoms with Gasteiger partial charge in [-0.1, -0.05) is 60.7 Å². The Morgan fingerprint density at radius 3 is 2.32 bits per heavy atom. The van der Waals surface area contributed by atoms with Gasteiger partial charge in [0.25, 0.3) is 0 Å². The molecule has 0 amide bonds. The minimum Gasteiger partial charge on any atom is -0.496 e. The van der Waals surface area contributed by atoms with Crippen molar-refractivity contribution < 1.29 is 4.74 Å². The predicted molar refractivity (Wildman–Crippen MR) is 125 cm³/mol. The van der Waals surface area contributed by atoms with Gasteiger partial charge in [0.05, 0.1) is 18.4 Å². The molecule has 0 bridgehead atoms.